The smallest absolute Gasteiger partial charge is 0.331 e. The molecule has 2 aromatic rings. The summed E-state index contributed by atoms with van der Waals surface area (Å²) in [6, 6.07) is 14.1. The number of rotatable bonds is 5. The van der Waals surface area contributed by atoms with Crippen molar-refractivity contribution in [2.75, 3.05) is 25.1 Å². The van der Waals surface area contributed by atoms with E-state index in [1.54, 1.807) is 31.4 Å². The number of carbonyl (C=O) groups is 3. The minimum absolute atomic E-state index is 0.0583. The molecule has 2 aliphatic heterocycles. The van der Waals surface area contributed by atoms with Crippen molar-refractivity contribution in [2.24, 2.45) is 0 Å². The molecule has 0 bridgehead atoms. The third-order valence-electron chi connectivity index (χ3n) is 5.36. The van der Waals surface area contributed by atoms with E-state index < -0.39 is 17.8 Å². The van der Waals surface area contributed by atoms with Gasteiger partial charge in [-0.15, -0.1) is 0 Å². The van der Waals surface area contributed by atoms with E-state index in [9.17, 15) is 14.4 Å². The summed E-state index contributed by atoms with van der Waals surface area (Å²) in [6.07, 6.45) is 3.91. The lowest BCUT2D eigenvalue weighted by atomic mass is 10.1. The van der Waals surface area contributed by atoms with Crippen molar-refractivity contribution in [3.05, 3.63) is 65.2 Å². The standard InChI is InChI=1S/C23H23N3O4/c1-30-19-10-6-17(7-11-19)15-26-22(28)20(21(27)24-23(26)29)14-16-4-8-18(9-5-16)25-12-2-3-13-25/h4-11,14H,2-3,12-13,15H2,1H3,(H,24,27,29). The van der Waals surface area contributed by atoms with Crippen molar-refractivity contribution in [1.82, 2.24) is 10.2 Å². The number of carbonyl (C=O) groups excluding carboxylic acids is 3. The van der Waals surface area contributed by atoms with Crippen LogP contribution in [0.2, 0.25) is 0 Å². The average molecular weight is 405 g/mol. The van der Waals surface area contributed by atoms with E-state index in [0.717, 1.165) is 34.8 Å². The number of anilines is 1. The number of amides is 4. The van der Waals surface area contributed by atoms with Gasteiger partial charge in [-0.25, -0.2) is 4.79 Å². The quantitative estimate of drug-likeness (QED) is 0.611. The topological polar surface area (TPSA) is 79.0 Å². The first kappa shape index (κ1) is 19.7. The third-order valence-corrected chi connectivity index (χ3v) is 5.36. The number of imide groups is 2. The van der Waals surface area contributed by atoms with Gasteiger partial charge in [-0.2, -0.15) is 0 Å². The molecule has 2 heterocycles. The number of urea groups is 1. The van der Waals surface area contributed by atoms with Crippen LogP contribution in [0.3, 0.4) is 0 Å². The second-order valence-corrected chi connectivity index (χ2v) is 7.34. The van der Waals surface area contributed by atoms with Crippen LogP contribution in [-0.4, -0.2) is 42.9 Å². The molecule has 2 fully saturated rings. The minimum atomic E-state index is -0.720. The van der Waals surface area contributed by atoms with Crippen LogP contribution < -0.4 is 15.0 Å². The van der Waals surface area contributed by atoms with Gasteiger partial charge in [0.25, 0.3) is 11.8 Å². The molecule has 7 nitrogen and oxygen atoms in total. The van der Waals surface area contributed by atoms with E-state index >= 15 is 0 Å². The monoisotopic (exact) mass is 405 g/mol. The summed E-state index contributed by atoms with van der Waals surface area (Å²) >= 11 is 0. The van der Waals surface area contributed by atoms with Gasteiger partial charge in [0.05, 0.1) is 13.7 Å². The lowest BCUT2D eigenvalue weighted by Crippen LogP contribution is -2.53. The number of benzene rings is 2. The molecule has 30 heavy (non-hydrogen) atoms. The van der Waals surface area contributed by atoms with Crippen LogP contribution in [0.5, 0.6) is 5.75 Å². The van der Waals surface area contributed by atoms with Gasteiger partial charge in [0, 0.05) is 18.8 Å². The molecule has 0 spiro atoms. The van der Waals surface area contributed by atoms with Gasteiger partial charge >= 0.3 is 6.03 Å². The van der Waals surface area contributed by atoms with Crippen LogP contribution in [0.15, 0.2) is 54.1 Å². The molecule has 0 atom stereocenters. The lowest BCUT2D eigenvalue weighted by Gasteiger charge is -2.26. The number of ether oxygens (including phenoxy) is 1. The number of nitrogens with zero attached hydrogens (tertiary/aromatic N) is 2. The Morgan fingerprint density at radius 3 is 2.27 bits per heavy atom. The van der Waals surface area contributed by atoms with Gasteiger partial charge < -0.3 is 9.64 Å². The van der Waals surface area contributed by atoms with Crippen molar-refractivity contribution in [3.8, 4) is 5.75 Å². The molecule has 4 amide bonds. The lowest BCUT2D eigenvalue weighted by molar-refractivity contribution is -0.130. The molecule has 0 saturated carbocycles. The largest absolute Gasteiger partial charge is 0.497 e. The minimum Gasteiger partial charge on any atom is -0.497 e. The van der Waals surface area contributed by atoms with Crippen molar-refractivity contribution in [2.45, 2.75) is 19.4 Å². The highest BCUT2D eigenvalue weighted by Crippen LogP contribution is 2.23. The molecule has 0 unspecified atom stereocenters. The Labute approximate surface area is 174 Å². The summed E-state index contributed by atoms with van der Waals surface area (Å²) in [6.45, 7) is 2.15. The number of hydrogen-bond acceptors (Lipinski definition) is 5. The molecule has 154 valence electrons. The molecular weight excluding hydrogens is 382 g/mol. The van der Waals surface area contributed by atoms with Gasteiger partial charge in [0.2, 0.25) is 0 Å². The average Bonchev–Trinajstić information content (AvgIpc) is 3.30. The van der Waals surface area contributed by atoms with E-state index in [0.29, 0.717) is 5.75 Å². The third kappa shape index (κ3) is 4.05. The first-order valence-corrected chi connectivity index (χ1v) is 9.92. The van der Waals surface area contributed by atoms with E-state index in [1.165, 1.54) is 18.9 Å². The Morgan fingerprint density at radius 2 is 1.63 bits per heavy atom. The Morgan fingerprint density at radius 1 is 0.967 bits per heavy atom. The summed E-state index contributed by atoms with van der Waals surface area (Å²) in [7, 11) is 1.57. The molecule has 0 radical (unpaired) electrons. The number of hydrogen-bond donors (Lipinski definition) is 1. The molecule has 2 aromatic carbocycles. The predicted octanol–water partition coefficient (Wildman–Crippen LogP) is 2.96. The molecule has 7 heteroatoms. The number of barbiturate groups is 1. The Bertz CT molecular complexity index is 990. The molecule has 2 aliphatic rings. The first-order valence-electron chi connectivity index (χ1n) is 9.92. The predicted molar refractivity (Wildman–Crippen MR) is 113 cm³/mol. The fourth-order valence-electron chi connectivity index (χ4n) is 3.67. The van der Waals surface area contributed by atoms with Crippen molar-refractivity contribution in [3.63, 3.8) is 0 Å². The Kier molecular flexibility index (Phi) is 5.52. The van der Waals surface area contributed by atoms with E-state index in [4.69, 9.17) is 4.74 Å². The molecule has 0 aliphatic carbocycles. The zero-order chi connectivity index (χ0) is 21.1. The fourth-order valence-corrected chi connectivity index (χ4v) is 3.67. The van der Waals surface area contributed by atoms with Gasteiger partial charge in [0.15, 0.2) is 0 Å². The summed E-state index contributed by atoms with van der Waals surface area (Å²) in [5, 5.41) is 2.26. The van der Waals surface area contributed by atoms with E-state index in [-0.39, 0.29) is 12.1 Å². The van der Waals surface area contributed by atoms with Gasteiger partial charge in [-0.1, -0.05) is 24.3 Å². The second kappa shape index (κ2) is 8.41. The van der Waals surface area contributed by atoms with Crippen LogP contribution in [0.1, 0.15) is 24.0 Å². The number of nitrogens with one attached hydrogen (secondary N) is 1. The highest BCUT2D eigenvalue weighted by Gasteiger charge is 2.35. The normalized spacial score (nSPS) is 18.2. The van der Waals surface area contributed by atoms with Gasteiger partial charge in [0.1, 0.15) is 11.3 Å². The summed E-state index contributed by atoms with van der Waals surface area (Å²) in [5.74, 6) is -0.607. The van der Waals surface area contributed by atoms with Crippen LogP contribution in [0, 0.1) is 0 Å². The summed E-state index contributed by atoms with van der Waals surface area (Å²) < 4.78 is 5.12. The maximum atomic E-state index is 12.9. The Hall–Kier alpha value is -3.61. The second-order valence-electron chi connectivity index (χ2n) is 7.34. The molecular formula is C23H23N3O4. The van der Waals surface area contributed by atoms with Crippen LogP contribution >= 0.6 is 0 Å². The van der Waals surface area contributed by atoms with Gasteiger partial charge in [-0.05, 0) is 54.3 Å². The summed E-state index contributed by atoms with van der Waals surface area (Å²) in [4.78, 5) is 40.8. The maximum absolute atomic E-state index is 12.9. The fraction of sp³-hybridized carbons (Fsp3) is 0.261. The van der Waals surface area contributed by atoms with Crippen LogP contribution in [-0.2, 0) is 16.1 Å². The molecule has 1 N–H and O–H groups in total. The zero-order valence-corrected chi connectivity index (χ0v) is 16.8. The maximum Gasteiger partial charge on any atom is 0.331 e. The first-order chi connectivity index (χ1) is 14.5. The SMILES string of the molecule is COc1ccc(CN2C(=O)NC(=O)C(=Cc3ccc(N4CCCC4)cc3)C2=O)cc1. The molecule has 2 saturated heterocycles. The summed E-state index contributed by atoms with van der Waals surface area (Å²) in [5.41, 5.74) is 2.56. The van der Waals surface area contributed by atoms with E-state index in [1.807, 2.05) is 24.3 Å². The molecule has 0 aromatic heterocycles. The van der Waals surface area contributed by atoms with Crippen molar-refractivity contribution < 1.29 is 19.1 Å². The molecule has 4 rings (SSSR count). The zero-order valence-electron chi connectivity index (χ0n) is 16.8. The number of methoxy groups -OCH3 is 1. The van der Waals surface area contributed by atoms with Crippen LogP contribution in [0.25, 0.3) is 6.08 Å². The van der Waals surface area contributed by atoms with E-state index in [2.05, 4.69) is 10.2 Å². The van der Waals surface area contributed by atoms with Gasteiger partial charge in [-0.3, -0.25) is 19.8 Å². The Balaban J connectivity index is 1.53. The highest BCUT2D eigenvalue weighted by molar-refractivity contribution is 6.30. The van der Waals surface area contributed by atoms with Crippen LogP contribution in [0.4, 0.5) is 10.5 Å². The van der Waals surface area contributed by atoms with Crippen molar-refractivity contribution >= 4 is 29.6 Å². The highest BCUT2D eigenvalue weighted by atomic mass is 16.5. The van der Waals surface area contributed by atoms with Crippen molar-refractivity contribution in [1.29, 1.82) is 0 Å².